The van der Waals surface area contributed by atoms with Gasteiger partial charge in [-0.3, -0.25) is 14.6 Å². The quantitative estimate of drug-likeness (QED) is 0.214. The van der Waals surface area contributed by atoms with Gasteiger partial charge in [-0.25, -0.2) is 13.2 Å². The summed E-state index contributed by atoms with van der Waals surface area (Å²) in [6.45, 7) is 12.2. The van der Waals surface area contributed by atoms with E-state index in [1.54, 1.807) is 28.8 Å². The number of carbonyl (C=O) groups excluding carboxylic acids is 1. The minimum absolute atomic E-state index is 0.0585. The maximum Gasteiger partial charge on any atom is 0.269 e. The van der Waals surface area contributed by atoms with Crippen molar-refractivity contribution in [2.45, 2.75) is 33.1 Å². The molecule has 42 heavy (non-hydrogen) atoms. The number of likely N-dealkylation sites (tertiary alicyclic amines) is 1. The van der Waals surface area contributed by atoms with Gasteiger partial charge in [0.1, 0.15) is 16.9 Å². The third-order valence-corrected chi connectivity index (χ3v) is 7.31. The summed E-state index contributed by atoms with van der Waals surface area (Å²) in [6, 6.07) is 9.04. The number of aromatic nitrogens is 1. The Hall–Kier alpha value is -3.61. The number of halogens is 3. The maximum absolute atomic E-state index is 14.2. The number of hydrogen-bond acceptors (Lipinski definition) is 7. The Morgan fingerprint density at radius 2 is 1.86 bits per heavy atom. The van der Waals surface area contributed by atoms with E-state index >= 15 is 0 Å². The van der Waals surface area contributed by atoms with Crippen LogP contribution < -0.4 is 20.8 Å². The van der Waals surface area contributed by atoms with Crippen molar-refractivity contribution in [1.82, 2.24) is 20.1 Å². The van der Waals surface area contributed by atoms with Crippen LogP contribution >= 0.6 is 11.8 Å². The number of pyridine rings is 1. The van der Waals surface area contributed by atoms with E-state index in [1.165, 1.54) is 45.7 Å². The molecule has 0 atom stereocenters. The Balaban J connectivity index is 0.000000373. The number of nitrogens with zero attached hydrogens (tertiary/aromatic N) is 3. The zero-order valence-corrected chi connectivity index (χ0v) is 25.0. The summed E-state index contributed by atoms with van der Waals surface area (Å²) < 4.78 is 47.0. The first-order valence-electron chi connectivity index (χ1n) is 13.7. The zero-order chi connectivity index (χ0) is 30.8. The van der Waals surface area contributed by atoms with E-state index in [0.29, 0.717) is 28.7 Å². The van der Waals surface area contributed by atoms with Crippen molar-refractivity contribution in [3.63, 3.8) is 0 Å². The first-order valence-corrected chi connectivity index (χ1v) is 14.5. The lowest BCUT2D eigenvalue weighted by molar-refractivity contribution is 0.0976. The molecule has 2 aliphatic rings. The average molecular weight is 604 g/mol. The van der Waals surface area contributed by atoms with Gasteiger partial charge in [0.05, 0.1) is 16.0 Å². The number of para-hydroxylation sites is 2. The van der Waals surface area contributed by atoms with Crippen LogP contribution in [0.25, 0.3) is 16.6 Å². The van der Waals surface area contributed by atoms with Crippen molar-refractivity contribution in [1.29, 1.82) is 0 Å². The van der Waals surface area contributed by atoms with Crippen LogP contribution in [0.15, 0.2) is 63.9 Å². The standard InChI is InChI=1S/C21H14F3N3O3S.C7H16N2.C2H6/c1-10(19(23)24)31-21(25-2)26-20(29)13-9-27-14-5-3-4-6-15(14)30-16-8-11(22)7-12(17(16)27)18(13)28;1-8-4-7-9-5-2-3-6-9;1-2/h3-9,19H,1H2,2H3,(H,25,26,29);8H,2-7H2,1H3;1-2H3. The number of hydrogen-bond donors (Lipinski definition) is 2. The number of rotatable bonds is 6. The summed E-state index contributed by atoms with van der Waals surface area (Å²) in [5.74, 6) is -1.03. The van der Waals surface area contributed by atoms with Crippen molar-refractivity contribution < 1.29 is 22.7 Å². The third-order valence-electron chi connectivity index (χ3n) is 6.39. The van der Waals surface area contributed by atoms with E-state index in [9.17, 15) is 22.8 Å². The monoisotopic (exact) mass is 603 g/mol. The molecule has 0 saturated carbocycles. The molecule has 12 heteroatoms. The number of fused-ring (bicyclic) bond motifs is 2. The van der Waals surface area contributed by atoms with Gasteiger partial charge in [-0.05, 0) is 51.2 Å². The van der Waals surface area contributed by atoms with Crippen molar-refractivity contribution in [2.24, 2.45) is 4.99 Å². The van der Waals surface area contributed by atoms with Crippen LogP contribution in [0.3, 0.4) is 0 Å². The number of thioether (sulfide) groups is 1. The highest BCUT2D eigenvalue weighted by Crippen LogP contribution is 2.39. The van der Waals surface area contributed by atoms with E-state index in [1.807, 2.05) is 20.9 Å². The number of benzene rings is 2. The maximum atomic E-state index is 14.2. The van der Waals surface area contributed by atoms with Crippen molar-refractivity contribution in [3.05, 3.63) is 75.7 Å². The molecule has 0 bridgehead atoms. The second kappa shape index (κ2) is 15.6. The highest BCUT2D eigenvalue weighted by Gasteiger charge is 2.25. The van der Waals surface area contributed by atoms with Gasteiger partial charge in [0, 0.05) is 32.4 Å². The van der Waals surface area contributed by atoms with Crippen LogP contribution in [-0.4, -0.2) is 67.2 Å². The van der Waals surface area contributed by atoms with Crippen molar-refractivity contribution in [2.75, 3.05) is 40.3 Å². The second-order valence-corrected chi connectivity index (χ2v) is 10.2. The number of likely N-dealkylation sites (N-methyl/N-ethyl adjacent to an activating group) is 1. The molecule has 0 aliphatic carbocycles. The molecule has 2 aliphatic heterocycles. The topological polar surface area (TPSA) is 88.0 Å². The van der Waals surface area contributed by atoms with Crippen LogP contribution in [-0.2, 0) is 0 Å². The molecule has 226 valence electrons. The summed E-state index contributed by atoms with van der Waals surface area (Å²) in [4.78, 5) is 31.6. The predicted octanol–water partition coefficient (Wildman–Crippen LogP) is 5.79. The van der Waals surface area contributed by atoms with Gasteiger partial charge < -0.3 is 24.8 Å². The number of amides is 1. The van der Waals surface area contributed by atoms with E-state index in [4.69, 9.17) is 4.74 Å². The Labute approximate surface area is 247 Å². The molecule has 3 heterocycles. The van der Waals surface area contributed by atoms with Crippen LogP contribution in [0.1, 0.15) is 37.0 Å². The Bertz CT molecular complexity index is 1500. The first-order chi connectivity index (χ1) is 20.2. The Morgan fingerprint density at radius 1 is 1.17 bits per heavy atom. The van der Waals surface area contributed by atoms with E-state index in [-0.39, 0.29) is 21.9 Å². The molecule has 0 unspecified atom stereocenters. The third kappa shape index (κ3) is 7.81. The molecule has 3 aromatic rings. The minimum atomic E-state index is -2.81. The Kier molecular flexibility index (Phi) is 12.2. The number of alkyl halides is 2. The van der Waals surface area contributed by atoms with Crippen molar-refractivity contribution >= 4 is 33.7 Å². The van der Waals surface area contributed by atoms with Crippen molar-refractivity contribution in [3.8, 4) is 17.2 Å². The highest BCUT2D eigenvalue weighted by molar-refractivity contribution is 8.17. The second-order valence-electron chi connectivity index (χ2n) is 9.12. The summed E-state index contributed by atoms with van der Waals surface area (Å²) in [5.41, 5.74) is -0.192. The fraction of sp³-hybridized carbons (Fsp3) is 0.367. The lowest BCUT2D eigenvalue weighted by atomic mass is 10.1. The van der Waals surface area contributed by atoms with Gasteiger partial charge in [0.25, 0.3) is 12.3 Å². The molecule has 8 nitrogen and oxygen atoms in total. The smallest absolute Gasteiger partial charge is 0.269 e. The number of allylic oxidation sites excluding steroid dienone is 1. The summed E-state index contributed by atoms with van der Waals surface area (Å²) in [5, 5.41) is 5.28. The van der Waals surface area contributed by atoms with E-state index < -0.39 is 28.5 Å². The molecule has 1 fully saturated rings. The molecule has 2 aromatic carbocycles. The van der Waals surface area contributed by atoms with Crippen LogP contribution in [0.5, 0.6) is 11.5 Å². The number of ether oxygens (including phenoxy) is 1. The zero-order valence-electron chi connectivity index (χ0n) is 24.2. The van der Waals surface area contributed by atoms with Crippen LogP contribution in [0, 0.1) is 5.82 Å². The Morgan fingerprint density at radius 3 is 2.50 bits per heavy atom. The van der Waals surface area contributed by atoms with Gasteiger partial charge >= 0.3 is 0 Å². The summed E-state index contributed by atoms with van der Waals surface area (Å²) in [7, 11) is 3.31. The first kappa shape index (κ1) is 32.9. The normalized spacial score (nSPS) is 13.9. The lowest BCUT2D eigenvalue weighted by Gasteiger charge is -2.23. The predicted molar refractivity (Wildman–Crippen MR) is 164 cm³/mol. The van der Waals surface area contributed by atoms with Gasteiger partial charge in [0.2, 0.25) is 5.43 Å². The fourth-order valence-corrected chi connectivity index (χ4v) is 4.99. The number of aliphatic imine (C=N–C) groups is 1. The molecular weight excluding hydrogens is 567 g/mol. The lowest BCUT2D eigenvalue weighted by Crippen LogP contribution is -2.33. The average Bonchev–Trinajstić information content (AvgIpc) is 3.51. The molecular formula is C30H36F3N5O3S. The van der Waals surface area contributed by atoms with Gasteiger partial charge in [-0.1, -0.05) is 44.3 Å². The fourth-order valence-electron chi connectivity index (χ4n) is 4.42. The molecule has 1 aromatic heterocycles. The van der Waals surface area contributed by atoms with Gasteiger partial charge in [-0.15, -0.1) is 0 Å². The number of carbonyl (C=O) groups is 1. The summed E-state index contributed by atoms with van der Waals surface area (Å²) >= 11 is 0.485. The highest BCUT2D eigenvalue weighted by atomic mass is 32.2. The molecule has 1 saturated heterocycles. The SMILES string of the molecule is C=C(SC(=NC)NC(=O)c1cn2c3c(cc(F)cc3c1=O)Oc1ccccc1-2)C(F)F.CC.CNCCN1CCCC1. The van der Waals surface area contributed by atoms with E-state index in [2.05, 4.69) is 27.1 Å². The molecule has 0 spiro atoms. The summed E-state index contributed by atoms with van der Waals surface area (Å²) in [6.07, 6.45) is 1.31. The van der Waals surface area contributed by atoms with E-state index in [0.717, 1.165) is 18.7 Å². The van der Waals surface area contributed by atoms with Crippen LogP contribution in [0.2, 0.25) is 0 Å². The molecule has 1 amide bonds. The van der Waals surface area contributed by atoms with Gasteiger partial charge in [-0.2, -0.15) is 0 Å². The number of amidine groups is 1. The number of nitrogens with one attached hydrogen (secondary N) is 2. The molecule has 5 rings (SSSR count). The minimum Gasteiger partial charge on any atom is -0.453 e. The molecule has 2 N–H and O–H groups in total. The van der Waals surface area contributed by atoms with Crippen LogP contribution in [0.4, 0.5) is 13.2 Å². The molecule has 0 radical (unpaired) electrons. The largest absolute Gasteiger partial charge is 0.453 e. The van der Waals surface area contributed by atoms with Gasteiger partial charge in [0.15, 0.2) is 16.7 Å².